The molecule has 0 spiro atoms. The van der Waals surface area contributed by atoms with Gasteiger partial charge in [-0.25, -0.2) is 9.50 Å². The molecule has 4 aromatic rings. The molecule has 9 heteroatoms. The lowest BCUT2D eigenvalue weighted by atomic mass is 10.3. The molecule has 0 aliphatic carbocycles. The third-order valence-corrected chi connectivity index (χ3v) is 3.83. The number of ether oxygens (including phenoxy) is 1. The minimum atomic E-state index is -0.214. The number of aromatic nitrogens is 6. The highest BCUT2D eigenvalue weighted by atomic mass is 32.1. The highest BCUT2D eigenvalue weighted by molar-refractivity contribution is 7.12. The van der Waals surface area contributed by atoms with E-state index in [9.17, 15) is 4.79 Å². The summed E-state index contributed by atoms with van der Waals surface area (Å²) in [5, 5.41) is 13.4. The van der Waals surface area contributed by atoms with E-state index in [-0.39, 0.29) is 5.56 Å². The van der Waals surface area contributed by atoms with Gasteiger partial charge in [-0.3, -0.25) is 4.79 Å². The largest absolute Gasteiger partial charge is 0.479 e. The van der Waals surface area contributed by atoms with Gasteiger partial charge in [0.2, 0.25) is 5.88 Å². The second-order valence-corrected chi connectivity index (χ2v) is 5.06. The van der Waals surface area contributed by atoms with Crippen molar-refractivity contribution in [2.75, 3.05) is 7.11 Å². The number of methoxy groups -OCH3 is 1. The van der Waals surface area contributed by atoms with Crippen LogP contribution in [0.4, 0.5) is 0 Å². The highest BCUT2D eigenvalue weighted by Gasteiger charge is 2.20. The molecule has 0 saturated carbocycles. The lowest BCUT2D eigenvalue weighted by Gasteiger charge is -1.99. The average molecular weight is 300 g/mol. The van der Waals surface area contributed by atoms with Crippen LogP contribution in [0.3, 0.4) is 0 Å². The van der Waals surface area contributed by atoms with E-state index in [2.05, 4.69) is 25.3 Å². The first-order valence-electron chi connectivity index (χ1n) is 5.99. The van der Waals surface area contributed by atoms with Crippen molar-refractivity contribution in [3.8, 4) is 16.5 Å². The number of H-pyrrole nitrogens is 1. The van der Waals surface area contributed by atoms with Crippen molar-refractivity contribution in [2.24, 2.45) is 0 Å². The first-order chi connectivity index (χ1) is 10.3. The summed E-state index contributed by atoms with van der Waals surface area (Å²) in [5.41, 5.74) is 3.31. The van der Waals surface area contributed by atoms with Crippen LogP contribution >= 0.6 is 11.3 Å². The van der Waals surface area contributed by atoms with E-state index < -0.39 is 0 Å². The Morgan fingerprint density at radius 2 is 2.33 bits per heavy atom. The summed E-state index contributed by atoms with van der Waals surface area (Å²) in [4.78, 5) is 18.8. The Morgan fingerprint density at radius 1 is 1.43 bits per heavy atom. The maximum atomic E-state index is 11.8. The first-order valence-corrected chi connectivity index (χ1v) is 6.87. The predicted octanol–water partition coefficient (Wildman–Crippen LogP) is 1.10. The average Bonchev–Trinajstić information content (AvgIpc) is 3.13. The van der Waals surface area contributed by atoms with Gasteiger partial charge in [0.25, 0.3) is 5.56 Å². The maximum absolute atomic E-state index is 11.8. The number of nitrogens with one attached hydrogen (secondary N) is 1. The van der Waals surface area contributed by atoms with Gasteiger partial charge >= 0.3 is 0 Å². The standard InChI is InChI=1S/C12H8N6O2S/c1-20-11-8(12-16-15-5-21-12)9-14-4-6-7(18(9)17-11)2-3-13-10(6)19/h2-5H,1H3,(H,13,19). The molecule has 0 radical (unpaired) electrons. The van der Waals surface area contributed by atoms with Gasteiger partial charge in [-0.1, -0.05) is 11.3 Å². The van der Waals surface area contributed by atoms with Crippen LogP contribution in [0, 0.1) is 0 Å². The molecule has 0 aliphatic heterocycles. The van der Waals surface area contributed by atoms with Crippen molar-refractivity contribution in [1.82, 2.24) is 29.8 Å². The van der Waals surface area contributed by atoms with Crippen LogP contribution in [0.15, 0.2) is 28.8 Å². The number of nitrogens with zero attached hydrogens (tertiary/aromatic N) is 5. The van der Waals surface area contributed by atoms with Crippen molar-refractivity contribution >= 4 is 27.9 Å². The van der Waals surface area contributed by atoms with Crippen LogP contribution in [0.5, 0.6) is 5.88 Å². The normalized spacial score (nSPS) is 11.3. The molecule has 0 bridgehead atoms. The number of pyridine rings is 1. The Bertz CT molecular complexity index is 1000. The van der Waals surface area contributed by atoms with Crippen molar-refractivity contribution in [3.05, 3.63) is 34.3 Å². The molecular weight excluding hydrogens is 292 g/mol. The van der Waals surface area contributed by atoms with Gasteiger partial charge in [0.1, 0.15) is 11.1 Å². The summed E-state index contributed by atoms with van der Waals surface area (Å²) >= 11 is 1.37. The fourth-order valence-electron chi connectivity index (χ4n) is 2.20. The SMILES string of the molecule is COc1nn2c(ncc3c(=O)[nH]ccc32)c1-c1nncs1. The molecule has 0 fully saturated rings. The Kier molecular flexibility index (Phi) is 2.48. The number of rotatable bonds is 2. The van der Waals surface area contributed by atoms with Gasteiger partial charge in [0, 0.05) is 12.4 Å². The molecule has 0 aliphatic rings. The van der Waals surface area contributed by atoms with Gasteiger partial charge in [-0.15, -0.1) is 15.3 Å². The minimum Gasteiger partial charge on any atom is -0.479 e. The van der Waals surface area contributed by atoms with Crippen LogP contribution < -0.4 is 10.3 Å². The van der Waals surface area contributed by atoms with Gasteiger partial charge < -0.3 is 9.72 Å². The maximum Gasteiger partial charge on any atom is 0.258 e. The molecule has 21 heavy (non-hydrogen) atoms. The molecule has 1 N–H and O–H groups in total. The van der Waals surface area contributed by atoms with Gasteiger partial charge in [-0.2, -0.15) is 0 Å². The van der Waals surface area contributed by atoms with E-state index in [4.69, 9.17) is 4.74 Å². The molecule has 0 aromatic carbocycles. The number of fused-ring (bicyclic) bond motifs is 3. The zero-order valence-corrected chi connectivity index (χ0v) is 11.6. The van der Waals surface area contributed by atoms with E-state index in [0.29, 0.717) is 33.0 Å². The molecule has 0 amide bonds. The van der Waals surface area contributed by atoms with E-state index >= 15 is 0 Å². The molecule has 0 unspecified atom stereocenters. The quantitative estimate of drug-likeness (QED) is 0.595. The summed E-state index contributed by atoms with van der Waals surface area (Å²) in [6, 6.07) is 1.77. The number of hydrogen-bond donors (Lipinski definition) is 1. The van der Waals surface area contributed by atoms with Crippen LogP contribution in [0.25, 0.3) is 27.1 Å². The molecule has 4 rings (SSSR count). The van der Waals surface area contributed by atoms with Crippen molar-refractivity contribution < 1.29 is 4.74 Å². The summed E-state index contributed by atoms with van der Waals surface area (Å²) in [5.74, 6) is 0.395. The third kappa shape index (κ3) is 1.64. The second-order valence-electron chi connectivity index (χ2n) is 4.23. The smallest absolute Gasteiger partial charge is 0.258 e. The Morgan fingerprint density at radius 3 is 3.10 bits per heavy atom. The number of hydrogen-bond acceptors (Lipinski definition) is 7. The molecule has 4 heterocycles. The van der Waals surface area contributed by atoms with E-state index in [1.54, 1.807) is 22.3 Å². The van der Waals surface area contributed by atoms with Crippen molar-refractivity contribution in [3.63, 3.8) is 0 Å². The fourth-order valence-corrected chi connectivity index (χ4v) is 2.79. The van der Waals surface area contributed by atoms with E-state index in [1.165, 1.54) is 24.6 Å². The molecule has 4 aromatic heterocycles. The van der Waals surface area contributed by atoms with Crippen LogP contribution in [-0.2, 0) is 0 Å². The van der Waals surface area contributed by atoms with Crippen molar-refractivity contribution in [1.29, 1.82) is 0 Å². The Labute approximate surface area is 121 Å². The molecular formula is C12H8N6O2S. The van der Waals surface area contributed by atoms with Crippen LogP contribution in [0.2, 0.25) is 0 Å². The van der Waals surface area contributed by atoms with Crippen LogP contribution in [0.1, 0.15) is 0 Å². The van der Waals surface area contributed by atoms with Crippen molar-refractivity contribution in [2.45, 2.75) is 0 Å². The summed E-state index contributed by atoms with van der Waals surface area (Å²) in [6.07, 6.45) is 3.10. The number of aromatic amines is 1. The summed E-state index contributed by atoms with van der Waals surface area (Å²) in [7, 11) is 1.53. The molecule has 0 atom stereocenters. The molecule has 8 nitrogen and oxygen atoms in total. The molecule has 0 saturated heterocycles. The molecule has 104 valence electrons. The van der Waals surface area contributed by atoms with Gasteiger partial charge in [0.15, 0.2) is 10.7 Å². The van der Waals surface area contributed by atoms with E-state index in [1.807, 2.05) is 0 Å². The van der Waals surface area contributed by atoms with Gasteiger partial charge in [0.05, 0.1) is 18.0 Å². The predicted molar refractivity (Wildman–Crippen MR) is 76.6 cm³/mol. The Hall–Kier alpha value is -2.81. The third-order valence-electron chi connectivity index (χ3n) is 3.12. The summed E-state index contributed by atoms with van der Waals surface area (Å²) in [6.45, 7) is 0. The summed E-state index contributed by atoms with van der Waals surface area (Å²) < 4.78 is 6.90. The van der Waals surface area contributed by atoms with Crippen LogP contribution in [-0.4, -0.2) is 36.9 Å². The monoisotopic (exact) mass is 300 g/mol. The first kappa shape index (κ1) is 12.0. The topological polar surface area (TPSA) is 98.1 Å². The Balaban J connectivity index is 2.18. The van der Waals surface area contributed by atoms with E-state index in [0.717, 1.165) is 0 Å². The lowest BCUT2D eigenvalue weighted by Crippen LogP contribution is -2.07. The lowest BCUT2D eigenvalue weighted by molar-refractivity contribution is 0.397. The highest BCUT2D eigenvalue weighted by Crippen LogP contribution is 2.34. The van der Waals surface area contributed by atoms with Gasteiger partial charge in [-0.05, 0) is 6.07 Å². The zero-order valence-electron chi connectivity index (χ0n) is 10.8. The second kappa shape index (κ2) is 4.35. The minimum absolute atomic E-state index is 0.214. The zero-order chi connectivity index (χ0) is 14.4. The fraction of sp³-hybridized carbons (Fsp3) is 0.0833.